The van der Waals surface area contributed by atoms with Gasteiger partial charge in [0.1, 0.15) is 13.2 Å². The summed E-state index contributed by atoms with van der Waals surface area (Å²) in [5.41, 5.74) is 0. The molecular weight excluding hydrogens is 1010 g/mol. The van der Waals surface area contributed by atoms with Crippen LogP contribution in [0.1, 0.15) is 361 Å². The van der Waals surface area contributed by atoms with E-state index < -0.39 is 26.6 Å². The number of rotatable bonds is 66. The maximum Gasteiger partial charge on any atom is 0.268 e. The van der Waals surface area contributed by atoms with Gasteiger partial charge in [-0.25, -0.2) is 0 Å². The van der Waals surface area contributed by atoms with Crippen LogP contribution in [0.15, 0.2) is 36.5 Å². The number of unbranched alkanes of at least 4 members (excludes halogenated alkanes) is 49. The first-order valence-electron chi connectivity index (χ1n) is 35.4. The molecule has 474 valence electrons. The first-order valence-corrected chi connectivity index (χ1v) is 36.8. The number of hydrogen-bond donors (Lipinski definition) is 2. The highest BCUT2D eigenvalue weighted by Crippen LogP contribution is 2.38. The Bertz CT molecular complexity index is 1400. The van der Waals surface area contributed by atoms with Crippen molar-refractivity contribution >= 4 is 13.7 Å². The van der Waals surface area contributed by atoms with E-state index in [2.05, 4.69) is 43.5 Å². The Morgan fingerprint density at radius 3 is 1.01 bits per heavy atom. The average Bonchev–Trinajstić information content (AvgIpc) is 3.42. The number of nitrogens with zero attached hydrogens (tertiary/aromatic N) is 1. The van der Waals surface area contributed by atoms with E-state index in [4.69, 9.17) is 9.05 Å². The molecule has 0 radical (unpaired) electrons. The Hall–Kier alpha value is -1.28. The van der Waals surface area contributed by atoms with Crippen molar-refractivity contribution in [1.82, 2.24) is 5.32 Å². The lowest BCUT2D eigenvalue weighted by Crippen LogP contribution is -2.45. The molecule has 0 aromatic rings. The minimum atomic E-state index is -4.61. The van der Waals surface area contributed by atoms with Gasteiger partial charge in [0.05, 0.1) is 39.9 Å². The third-order valence-corrected chi connectivity index (χ3v) is 17.3. The molecule has 0 saturated carbocycles. The zero-order valence-corrected chi connectivity index (χ0v) is 55.2. The number of carbonyl (C=O) groups is 1. The number of phosphoric ester groups is 1. The molecule has 8 nitrogen and oxygen atoms in total. The normalized spacial score (nSPS) is 13.8. The Balaban J connectivity index is 4.03. The standard InChI is InChI=1S/C71H139N2O6P/c1-6-8-10-12-14-16-18-20-22-24-26-28-30-31-32-33-34-35-36-37-38-39-40-41-43-45-47-49-51-53-55-57-59-61-63-65-71(75)72-69(68-79-80(76,77)78-67-66-73(3,4)5)70(74)64-62-60-58-56-54-52-50-48-46-44-42-29-27-25-23-21-19-17-15-13-11-9-7-2/h46,48,54,56,62,64,69-70,74H,6-45,47,49-53,55,57-61,63,65-68H2,1-5H3,(H-,72,75,76,77)/b48-46+,56-54+,64-62+. The van der Waals surface area contributed by atoms with Crippen LogP contribution in [0.25, 0.3) is 0 Å². The monoisotopic (exact) mass is 1150 g/mol. The molecule has 0 aromatic carbocycles. The van der Waals surface area contributed by atoms with E-state index in [-0.39, 0.29) is 12.5 Å². The summed E-state index contributed by atoms with van der Waals surface area (Å²) in [6.45, 7) is 4.68. The molecule has 0 rings (SSSR count). The molecule has 3 atom stereocenters. The molecular formula is C71H139N2O6P. The molecule has 1 amide bonds. The molecule has 0 fully saturated rings. The molecule has 0 heterocycles. The average molecular weight is 1150 g/mol. The van der Waals surface area contributed by atoms with Crippen LogP contribution in [0.3, 0.4) is 0 Å². The van der Waals surface area contributed by atoms with Crippen LogP contribution in [-0.2, 0) is 18.4 Å². The zero-order valence-electron chi connectivity index (χ0n) is 54.3. The van der Waals surface area contributed by atoms with E-state index in [0.29, 0.717) is 17.4 Å². The van der Waals surface area contributed by atoms with E-state index in [1.54, 1.807) is 6.08 Å². The maximum absolute atomic E-state index is 13.0. The molecule has 0 aliphatic carbocycles. The van der Waals surface area contributed by atoms with Gasteiger partial charge < -0.3 is 28.8 Å². The molecule has 0 aromatic heterocycles. The topological polar surface area (TPSA) is 108 Å². The highest BCUT2D eigenvalue weighted by molar-refractivity contribution is 7.45. The van der Waals surface area contributed by atoms with Gasteiger partial charge >= 0.3 is 0 Å². The van der Waals surface area contributed by atoms with Crippen molar-refractivity contribution < 1.29 is 32.9 Å². The second kappa shape index (κ2) is 62.3. The van der Waals surface area contributed by atoms with Gasteiger partial charge in [0.2, 0.25) is 5.91 Å². The minimum absolute atomic E-state index is 0.00712. The summed E-state index contributed by atoms with van der Waals surface area (Å²) in [7, 11) is 1.25. The maximum atomic E-state index is 13.0. The van der Waals surface area contributed by atoms with Crippen LogP contribution >= 0.6 is 7.82 Å². The summed E-state index contributed by atoms with van der Waals surface area (Å²) >= 11 is 0. The van der Waals surface area contributed by atoms with Crippen molar-refractivity contribution in [1.29, 1.82) is 0 Å². The van der Waals surface area contributed by atoms with Gasteiger partial charge in [0, 0.05) is 6.42 Å². The van der Waals surface area contributed by atoms with Crippen molar-refractivity contribution in [2.24, 2.45) is 0 Å². The summed E-state index contributed by atoms with van der Waals surface area (Å²) < 4.78 is 23.4. The summed E-state index contributed by atoms with van der Waals surface area (Å²) in [6.07, 6.45) is 82.9. The highest BCUT2D eigenvalue weighted by Gasteiger charge is 2.23. The summed E-state index contributed by atoms with van der Waals surface area (Å²) in [4.78, 5) is 25.6. The lowest BCUT2D eigenvalue weighted by Gasteiger charge is -2.29. The predicted molar refractivity (Wildman–Crippen MR) is 348 cm³/mol. The number of allylic oxidation sites excluding steroid dienone is 5. The van der Waals surface area contributed by atoms with Crippen molar-refractivity contribution in [3.63, 3.8) is 0 Å². The summed E-state index contributed by atoms with van der Waals surface area (Å²) in [5, 5.41) is 13.9. The third kappa shape index (κ3) is 64.3. The molecule has 9 heteroatoms. The van der Waals surface area contributed by atoms with Crippen LogP contribution in [0.5, 0.6) is 0 Å². The SMILES string of the molecule is CCCCCCCCCCCCCCC/C=C/CC/C=C/CC/C=C/C(O)C(COP(=O)([O-])OCC[N+](C)(C)C)NC(=O)CCCCCCCCCCCCCCCCCCCCCCCCCCCCCCCCCCCCC. The van der Waals surface area contributed by atoms with Gasteiger partial charge in [-0.2, -0.15) is 0 Å². The Morgan fingerprint density at radius 1 is 0.425 bits per heavy atom. The Kier molecular flexibility index (Phi) is 61.3. The lowest BCUT2D eigenvalue weighted by molar-refractivity contribution is -0.870. The Labute approximate surface area is 499 Å². The van der Waals surface area contributed by atoms with E-state index in [9.17, 15) is 19.4 Å². The number of quaternary nitrogens is 1. The Morgan fingerprint density at radius 2 is 0.700 bits per heavy atom. The minimum Gasteiger partial charge on any atom is -0.756 e. The van der Waals surface area contributed by atoms with Crippen molar-refractivity contribution in [3.05, 3.63) is 36.5 Å². The summed E-state index contributed by atoms with van der Waals surface area (Å²) in [5.74, 6) is -0.204. The van der Waals surface area contributed by atoms with Gasteiger partial charge in [-0.15, -0.1) is 0 Å². The molecule has 0 saturated heterocycles. The molecule has 0 aliphatic rings. The fourth-order valence-electron chi connectivity index (χ4n) is 10.8. The van der Waals surface area contributed by atoms with E-state index >= 15 is 0 Å². The van der Waals surface area contributed by atoms with Crippen molar-refractivity contribution in [3.8, 4) is 0 Å². The number of likely N-dealkylation sites (N-methyl/N-ethyl adjacent to an activating group) is 1. The number of amides is 1. The molecule has 3 unspecified atom stereocenters. The van der Waals surface area contributed by atoms with E-state index in [0.717, 1.165) is 44.9 Å². The number of nitrogens with one attached hydrogen (secondary N) is 1. The first kappa shape index (κ1) is 78.7. The third-order valence-electron chi connectivity index (χ3n) is 16.3. The van der Waals surface area contributed by atoms with Gasteiger partial charge in [0.15, 0.2) is 0 Å². The van der Waals surface area contributed by atoms with Crippen LogP contribution < -0.4 is 10.2 Å². The fraction of sp³-hybridized carbons (Fsp3) is 0.901. The molecule has 80 heavy (non-hydrogen) atoms. The second-order valence-corrected chi connectivity index (χ2v) is 27.0. The van der Waals surface area contributed by atoms with E-state index in [1.165, 1.54) is 295 Å². The van der Waals surface area contributed by atoms with Gasteiger partial charge in [-0.3, -0.25) is 9.36 Å². The fourth-order valence-corrected chi connectivity index (χ4v) is 11.6. The molecule has 0 bridgehead atoms. The van der Waals surface area contributed by atoms with Crippen LogP contribution in [0.2, 0.25) is 0 Å². The van der Waals surface area contributed by atoms with Gasteiger partial charge in [-0.05, 0) is 44.9 Å². The van der Waals surface area contributed by atoms with Gasteiger partial charge in [-0.1, -0.05) is 346 Å². The number of aliphatic hydroxyl groups is 1. The first-order chi connectivity index (χ1) is 39.0. The van der Waals surface area contributed by atoms with Crippen molar-refractivity contribution in [2.45, 2.75) is 373 Å². The number of aliphatic hydroxyl groups excluding tert-OH is 1. The highest BCUT2D eigenvalue weighted by atomic mass is 31.2. The predicted octanol–water partition coefficient (Wildman–Crippen LogP) is 21.8. The van der Waals surface area contributed by atoms with Crippen LogP contribution in [-0.4, -0.2) is 68.5 Å². The quantitative estimate of drug-likeness (QED) is 0.0272. The molecule has 2 N–H and O–H groups in total. The number of hydrogen-bond acceptors (Lipinski definition) is 6. The molecule has 0 aliphatic heterocycles. The van der Waals surface area contributed by atoms with E-state index in [1.807, 2.05) is 27.2 Å². The van der Waals surface area contributed by atoms with Crippen molar-refractivity contribution in [2.75, 3.05) is 40.9 Å². The lowest BCUT2D eigenvalue weighted by atomic mass is 10.0. The number of phosphoric acid groups is 1. The largest absolute Gasteiger partial charge is 0.756 e. The van der Waals surface area contributed by atoms with Crippen LogP contribution in [0, 0.1) is 0 Å². The van der Waals surface area contributed by atoms with Gasteiger partial charge in [0.25, 0.3) is 7.82 Å². The van der Waals surface area contributed by atoms with Crippen LogP contribution in [0.4, 0.5) is 0 Å². The second-order valence-electron chi connectivity index (χ2n) is 25.6. The smallest absolute Gasteiger partial charge is 0.268 e. The number of carbonyl (C=O) groups excluding carboxylic acids is 1. The molecule has 0 spiro atoms. The zero-order chi connectivity index (χ0) is 58.4. The summed E-state index contributed by atoms with van der Waals surface area (Å²) in [6, 6.07) is -0.909.